The largest absolute Gasteiger partial charge is 0.379 e. The maximum absolute atomic E-state index is 14.0. The zero-order chi connectivity index (χ0) is 28.8. The van der Waals surface area contributed by atoms with Gasteiger partial charge in [-0.2, -0.15) is 0 Å². The Morgan fingerprint density at radius 1 is 1.25 bits per heavy atom. The molecule has 2 N–H and O–H groups in total. The Labute approximate surface area is 240 Å². The van der Waals surface area contributed by atoms with Crippen molar-refractivity contribution in [2.45, 2.75) is 83.3 Å². The third-order valence-electron chi connectivity index (χ3n) is 9.14. The van der Waals surface area contributed by atoms with Crippen molar-refractivity contribution < 1.29 is 28.2 Å². The first-order valence-electron chi connectivity index (χ1n) is 14.4. The van der Waals surface area contributed by atoms with Gasteiger partial charge in [-0.15, -0.1) is 0 Å². The van der Waals surface area contributed by atoms with Gasteiger partial charge in [0.05, 0.1) is 29.1 Å². The standard InChI is InChI=1S/C30H39ClFN3O5/c1-16(2)39-14-6-13-35-26(28(37)34-22-8-5-7-17(3)18(22)4)30-12-11-23(40-30)24(25(30)29(35)38)27(36)33-19-9-10-21(32)20(31)15-19/h9-12,15-18,22-26H,5-8,13-14H2,1-4H3,(H,33,36)(H,34,37)/t17-,18-,22+,23-,24+,25-,26-,30-/m0/s1. The molecule has 3 heterocycles. The van der Waals surface area contributed by atoms with E-state index in [1.54, 1.807) is 17.1 Å². The summed E-state index contributed by atoms with van der Waals surface area (Å²) in [4.78, 5) is 43.2. The highest BCUT2D eigenvalue weighted by molar-refractivity contribution is 6.31. The number of hydrogen-bond acceptors (Lipinski definition) is 5. The van der Waals surface area contributed by atoms with Crippen LogP contribution in [0.5, 0.6) is 0 Å². The van der Waals surface area contributed by atoms with Crippen molar-refractivity contribution in [1.29, 1.82) is 0 Å². The van der Waals surface area contributed by atoms with E-state index in [9.17, 15) is 18.8 Å². The van der Waals surface area contributed by atoms with Crippen LogP contribution < -0.4 is 10.6 Å². The first-order chi connectivity index (χ1) is 19.0. The predicted octanol–water partition coefficient (Wildman–Crippen LogP) is 4.32. The van der Waals surface area contributed by atoms with Gasteiger partial charge in [0, 0.05) is 24.9 Å². The topological polar surface area (TPSA) is 97.0 Å². The van der Waals surface area contributed by atoms with E-state index in [1.807, 2.05) is 13.8 Å². The van der Waals surface area contributed by atoms with E-state index in [-0.39, 0.29) is 29.0 Å². The Bertz CT molecular complexity index is 1190. The van der Waals surface area contributed by atoms with Crippen LogP contribution in [0, 0.1) is 29.5 Å². The number of amides is 3. The van der Waals surface area contributed by atoms with Crippen LogP contribution in [-0.4, -0.2) is 65.7 Å². The number of ether oxygens (including phenoxy) is 2. The van der Waals surface area contributed by atoms with Gasteiger partial charge in [-0.05, 0) is 56.7 Å². The average Bonchev–Trinajstić information content (AvgIpc) is 3.54. The predicted molar refractivity (Wildman–Crippen MR) is 149 cm³/mol. The van der Waals surface area contributed by atoms with E-state index in [2.05, 4.69) is 24.5 Å². The van der Waals surface area contributed by atoms with Crippen LogP contribution >= 0.6 is 11.6 Å². The van der Waals surface area contributed by atoms with E-state index in [0.29, 0.717) is 37.1 Å². The van der Waals surface area contributed by atoms with Crippen LogP contribution in [0.2, 0.25) is 5.02 Å². The third kappa shape index (κ3) is 5.16. The van der Waals surface area contributed by atoms with Gasteiger partial charge in [-0.1, -0.05) is 50.4 Å². The van der Waals surface area contributed by atoms with Crippen LogP contribution in [0.4, 0.5) is 10.1 Å². The SMILES string of the molecule is CC(C)OCCCN1C(=O)[C@@H]2[C@H](C(=O)Nc3ccc(F)c(Cl)c3)[C@@H]3C=C[C@@]2(O3)[C@@H]1C(=O)N[C@@H]1CCC[C@H](C)[C@@H]1C. The Balaban J connectivity index is 1.41. The molecule has 0 radical (unpaired) electrons. The number of rotatable bonds is 9. The quantitative estimate of drug-likeness (QED) is 0.338. The van der Waals surface area contributed by atoms with E-state index < -0.39 is 41.3 Å². The van der Waals surface area contributed by atoms with Crippen molar-refractivity contribution >= 4 is 35.0 Å². The highest BCUT2D eigenvalue weighted by atomic mass is 35.5. The summed E-state index contributed by atoms with van der Waals surface area (Å²) < 4.78 is 25.8. The number of halogens is 2. The smallest absolute Gasteiger partial charge is 0.246 e. The summed E-state index contributed by atoms with van der Waals surface area (Å²) in [6.07, 6.45) is 6.59. The fraction of sp³-hybridized carbons (Fsp3) is 0.633. The lowest BCUT2D eigenvalue weighted by atomic mass is 9.73. The van der Waals surface area contributed by atoms with Crippen molar-refractivity contribution in [2.75, 3.05) is 18.5 Å². The summed E-state index contributed by atoms with van der Waals surface area (Å²) >= 11 is 5.91. The zero-order valence-corrected chi connectivity index (χ0v) is 24.2. The van der Waals surface area contributed by atoms with Crippen molar-refractivity contribution in [3.63, 3.8) is 0 Å². The monoisotopic (exact) mass is 575 g/mol. The van der Waals surface area contributed by atoms with Crippen molar-refractivity contribution in [1.82, 2.24) is 10.2 Å². The Morgan fingerprint density at radius 3 is 2.75 bits per heavy atom. The number of anilines is 1. The molecule has 3 aliphatic heterocycles. The van der Waals surface area contributed by atoms with Gasteiger partial charge >= 0.3 is 0 Å². The molecule has 1 aliphatic carbocycles. The second kappa shape index (κ2) is 11.4. The van der Waals surface area contributed by atoms with Gasteiger partial charge in [0.15, 0.2) is 0 Å². The van der Waals surface area contributed by atoms with Gasteiger partial charge in [0.25, 0.3) is 0 Å². The molecule has 1 spiro atoms. The number of fused-ring (bicyclic) bond motifs is 1. The average molecular weight is 576 g/mol. The van der Waals surface area contributed by atoms with Crippen LogP contribution in [-0.2, 0) is 23.9 Å². The summed E-state index contributed by atoms with van der Waals surface area (Å²) in [5.41, 5.74) is -0.920. The van der Waals surface area contributed by atoms with Gasteiger partial charge < -0.3 is 25.0 Å². The maximum Gasteiger partial charge on any atom is 0.246 e. The number of nitrogens with one attached hydrogen (secondary N) is 2. The summed E-state index contributed by atoms with van der Waals surface area (Å²) in [5, 5.41) is 5.91. The molecule has 8 nitrogen and oxygen atoms in total. The molecule has 2 bridgehead atoms. The molecule has 10 heteroatoms. The number of nitrogens with zero attached hydrogens (tertiary/aromatic N) is 1. The number of likely N-dealkylation sites (tertiary alicyclic amines) is 1. The highest BCUT2D eigenvalue weighted by Gasteiger charge is 2.72. The lowest BCUT2D eigenvalue weighted by Crippen LogP contribution is -2.58. The first-order valence-corrected chi connectivity index (χ1v) is 14.8. The summed E-state index contributed by atoms with van der Waals surface area (Å²) in [5.74, 6) is -2.45. The van der Waals surface area contributed by atoms with Gasteiger partial charge in [0.2, 0.25) is 17.7 Å². The van der Waals surface area contributed by atoms with E-state index >= 15 is 0 Å². The van der Waals surface area contributed by atoms with E-state index in [4.69, 9.17) is 21.1 Å². The lowest BCUT2D eigenvalue weighted by molar-refractivity contribution is -0.142. The molecule has 4 aliphatic rings. The molecule has 8 atom stereocenters. The van der Waals surface area contributed by atoms with Crippen molar-refractivity contribution in [2.24, 2.45) is 23.7 Å². The first kappa shape index (κ1) is 29.0. The fourth-order valence-electron chi connectivity index (χ4n) is 6.91. The van der Waals surface area contributed by atoms with Crippen molar-refractivity contribution in [3.05, 3.63) is 41.2 Å². The van der Waals surface area contributed by atoms with Crippen LogP contribution in [0.1, 0.15) is 53.4 Å². The van der Waals surface area contributed by atoms with Gasteiger partial charge in [-0.25, -0.2) is 4.39 Å². The minimum Gasteiger partial charge on any atom is -0.379 e. The molecule has 0 unspecified atom stereocenters. The second-order valence-corrected chi connectivity index (χ2v) is 12.4. The molecular weight excluding hydrogens is 537 g/mol. The molecule has 218 valence electrons. The molecule has 2 saturated heterocycles. The third-order valence-corrected chi connectivity index (χ3v) is 9.43. The van der Waals surface area contributed by atoms with Crippen molar-refractivity contribution in [3.8, 4) is 0 Å². The molecule has 0 aromatic heterocycles. The van der Waals surface area contributed by atoms with Gasteiger partial charge in [-0.3, -0.25) is 14.4 Å². The number of carbonyl (C=O) groups excluding carboxylic acids is 3. The number of carbonyl (C=O) groups is 3. The van der Waals surface area contributed by atoms with Crippen LogP contribution in [0.3, 0.4) is 0 Å². The maximum atomic E-state index is 14.0. The fourth-order valence-corrected chi connectivity index (χ4v) is 7.09. The van der Waals surface area contributed by atoms with Crippen LogP contribution in [0.25, 0.3) is 0 Å². The van der Waals surface area contributed by atoms with Gasteiger partial charge in [0.1, 0.15) is 17.5 Å². The normalized spacial score (nSPS) is 34.4. The minimum atomic E-state index is -1.24. The second-order valence-electron chi connectivity index (χ2n) is 12.0. The Hall–Kier alpha value is -2.49. The highest BCUT2D eigenvalue weighted by Crippen LogP contribution is 2.55. The molecule has 1 saturated carbocycles. The number of benzene rings is 1. The molecule has 40 heavy (non-hydrogen) atoms. The van der Waals surface area contributed by atoms with E-state index in [1.165, 1.54) is 18.2 Å². The van der Waals surface area contributed by atoms with Crippen LogP contribution in [0.15, 0.2) is 30.4 Å². The molecule has 3 fully saturated rings. The zero-order valence-electron chi connectivity index (χ0n) is 23.5. The minimum absolute atomic E-state index is 0.0119. The molecule has 3 amide bonds. The van der Waals surface area contributed by atoms with E-state index in [0.717, 1.165) is 19.3 Å². The summed E-state index contributed by atoms with van der Waals surface area (Å²) in [7, 11) is 0. The number of hydrogen-bond donors (Lipinski definition) is 2. The molecule has 5 rings (SSSR count). The Morgan fingerprint density at radius 2 is 2.02 bits per heavy atom. The summed E-state index contributed by atoms with van der Waals surface area (Å²) in [6.45, 7) is 9.01. The summed E-state index contributed by atoms with van der Waals surface area (Å²) in [6, 6.07) is 3.03. The molecule has 1 aromatic rings. The molecule has 1 aromatic carbocycles. The Kier molecular flexibility index (Phi) is 8.28. The lowest BCUT2D eigenvalue weighted by Gasteiger charge is -2.38. The molecular formula is C30H39ClFN3O5.